The molecule has 0 spiro atoms. The van der Waals surface area contributed by atoms with Crippen molar-refractivity contribution in [2.24, 2.45) is 0 Å². The van der Waals surface area contributed by atoms with Gasteiger partial charge in [-0.2, -0.15) is 0 Å². The van der Waals surface area contributed by atoms with E-state index in [1.54, 1.807) is 28.9 Å². The molecule has 0 bridgehead atoms. The number of ketones is 1. The summed E-state index contributed by atoms with van der Waals surface area (Å²) in [6.45, 7) is 0.180. The average Bonchev–Trinajstić information content (AvgIpc) is 3.10. The van der Waals surface area contributed by atoms with Gasteiger partial charge in [-0.05, 0) is 24.3 Å². The zero-order valence-corrected chi connectivity index (χ0v) is 13.4. The molecule has 4 aromatic rings. The maximum absolute atomic E-state index is 12.7. The van der Waals surface area contributed by atoms with Crippen molar-refractivity contribution in [3.63, 3.8) is 0 Å². The van der Waals surface area contributed by atoms with Gasteiger partial charge in [0.15, 0.2) is 12.5 Å². The molecule has 0 N–H and O–H groups in total. The number of nitrogens with zero attached hydrogens (tertiary/aromatic N) is 3. The molecule has 0 saturated carbocycles. The Balaban J connectivity index is 1.60. The number of aromatic nitrogens is 3. The van der Waals surface area contributed by atoms with Crippen LogP contribution < -0.4 is 4.74 Å². The lowest BCUT2D eigenvalue weighted by Crippen LogP contribution is -2.10. The minimum absolute atomic E-state index is 0.0698. The molecular formula is C20H15N3O2. The maximum atomic E-state index is 12.7. The highest BCUT2D eigenvalue weighted by molar-refractivity contribution is 6.10. The first-order valence-electron chi connectivity index (χ1n) is 7.93. The average molecular weight is 329 g/mol. The van der Waals surface area contributed by atoms with Crippen molar-refractivity contribution < 1.29 is 9.53 Å². The summed E-state index contributed by atoms with van der Waals surface area (Å²) in [7, 11) is 0. The van der Waals surface area contributed by atoms with Crippen molar-refractivity contribution in [3.05, 3.63) is 90.0 Å². The largest absolute Gasteiger partial charge is 0.470 e. The predicted molar refractivity (Wildman–Crippen MR) is 94.5 cm³/mol. The van der Waals surface area contributed by atoms with E-state index in [0.29, 0.717) is 16.9 Å². The van der Waals surface area contributed by atoms with Gasteiger partial charge in [0.2, 0.25) is 0 Å². The number of hydrogen-bond donors (Lipinski definition) is 0. The van der Waals surface area contributed by atoms with Crippen molar-refractivity contribution >= 4 is 16.8 Å². The SMILES string of the molecule is O=C(c1ccccc1)c1ccccc1OCn1nnc2ccccc21. The topological polar surface area (TPSA) is 57.0 Å². The molecule has 0 aliphatic heterocycles. The quantitative estimate of drug-likeness (QED) is 0.524. The monoisotopic (exact) mass is 329 g/mol. The van der Waals surface area contributed by atoms with Crippen molar-refractivity contribution in [3.8, 4) is 5.75 Å². The van der Waals surface area contributed by atoms with Gasteiger partial charge in [0.25, 0.3) is 0 Å². The summed E-state index contributed by atoms with van der Waals surface area (Å²) in [5, 5.41) is 8.20. The Morgan fingerprint density at radius 1 is 0.880 bits per heavy atom. The van der Waals surface area contributed by atoms with Crippen LogP contribution >= 0.6 is 0 Å². The lowest BCUT2D eigenvalue weighted by atomic mass is 10.0. The molecule has 0 aliphatic carbocycles. The molecule has 3 aromatic carbocycles. The second-order valence-corrected chi connectivity index (χ2v) is 5.54. The van der Waals surface area contributed by atoms with Gasteiger partial charge >= 0.3 is 0 Å². The summed E-state index contributed by atoms with van der Waals surface area (Å²) < 4.78 is 7.54. The van der Waals surface area contributed by atoms with E-state index in [0.717, 1.165) is 11.0 Å². The van der Waals surface area contributed by atoms with Crippen molar-refractivity contribution in [2.75, 3.05) is 0 Å². The van der Waals surface area contributed by atoms with E-state index in [9.17, 15) is 4.79 Å². The number of carbonyl (C=O) groups is 1. The van der Waals surface area contributed by atoms with Crippen LogP contribution in [0, 0.1) is 0 Å². The number of rotatable bonds is 5. The lowest BCUT2D eigenvalue weighted by Gasteiger charge is -2.11. The van der Waals surface area contributed by atoms with E-state index in [1.165, 1.54) is 0 Å². The minimum Gasteiger partial charge on any atom is -0.470 e. The molecule has 1 heterocycles. The van der Waals surface area contributed by atoms with Crippen LogP contribution in [-0.4, -0.2) is 20.8 Å². The number of fused-ring (bicyclic) bond motifs is 1. The summed E-state index contributed by atoms with van der Waals surface area (Å²) in [5.41, 5.74) is 2.84. The van der Waals surface area contributed by atoms with Crippen molar-refractivity contribution in [1.82, 2.24) is 15.0 Å². The Morgan fingerprint density at radius 3 is 2.48 bits per heavy atom. The highest BCUT2D eigenvalue weighted by atomic mass is 16.5. The predicted octanol–water partition coefficient (Wildman–Crippen LogP) is 3.70. The van der Waals surface area contributed by atoms with Crippen LogP contribution in [-0.2, 0) is 6.73 Å². The van der Waals surface area contributed by atoms with Crippen LogP contribution in [0.15, 0.2) is 78.9 Å². The van der Waals surface area contributed by atoms with Crippen LogP contribution in [0.1, 0.15) is 15.9 Å². The number of para-hydroxylation sites is 2. The third-order valence-corrected chi connectivity index (χ3v) is 3.93. The first kappa shape index (κ1) is 15.1. The molecule has 0 atom stereocenters. The molecule has 4 rings (SSSR count). The molecule has 1 aromatic heterocycles. The Kier molecular flexibility index (Phi) is 3.96. The van der Waals surface area contributed by atoms with E-state index >= 15 is 0 Å². The minimum atomic E-state index is -0.0698. The van der Waals surface area contributed by atoms with E-state index in [4.69, 9.17) is 4.74 Å². The van der Waals surface area contributed by atoms with Gasteiger partial charge in [0, 0.05) is 5.56 Å². The van der Waals surface area contributed by atoms with Crippen LogP contribution in [0.4, 0.5) is 0 Å². The van der Waals surface area contributed by atoms with E-state index in [1.807, 2.05) is 54.6 Å². The molecule has 25 heavy (non-hydrogen) atoms. The molecule has 5 heteroatoms. The fraction of sp³-hybridized carbons (Fsp3) is 0.0500. The van der Waals surface area contributed by atoms with Crippen molar-refractivity contribution in [2.45, 2.75) is 6.73 Å². The van der Waals surface area contributed by atoms with Crippen LogP contribution in [0.5, 0.6) is 5.75 Å². The third kappa shape index (κ3) is 2.99. The molecule has 0 aliphatic rings. The molecule has 0 amide bonds. The van der Waals surface area contributed by atoms with Gasteiger partial charge < -0.3 is 4.74 Å². The summed E-state index contributed by atoms with van der Waals surface area (Å²) in [6.07, 6.45) is 0. The Labute approximate surface area is 144 Å². The summed E-state index contributed by atoms with van der Waals surface area (Å²) >= 11 is 0. The molecular weight excluding hydrogens is 314 g/mol. The normalized spacial score (nSPS) is 10.7. The van der Waals surface area contributed by atoms with Crippen molar-refractivity contribution in [1.29, 1.82) is 0 Å². The highest BCUT2D eigenvalue weighted by Gasteiger charge is 2.14. The Bertz CT molecular complexity index is 1030. The Morgan fingerprint density at radius 2 is 1.60 bits per heavy atom. The first-order valence-corrected chi connectivity index (χ1v) is 7.93. The first-order chi connectivity index (χ1) is 12.3. The molecule has 0 radical (unpaired) electrons. The number of benzene rings is 3. The number of hydrogen-bond acceptors (Lipinski definition) is 4. The zero-order valence-electron chi connectivity index (χ0n) is 13.4. The smallest absolute Gasteiger partial charge is 0.196 e. The summed E-state index contributed by atoms with van der Waals surface area (Å²) in [6, 6.07) is 24.1. The molecule has 5 nitrogen and oxygen atoms in total. The lowest BCUT2D eigenvalue weighted by molar-refractivity contribution is 0.103. The number of carbonyl (C=O) groups excluding carboxylic acids is 1. The van der Waals surface area contributed by atoms with Gasteiger partial charge in [-0.1, -0.05) is 59.8 Å². The molecule has 122 valence electrons. The second kappa shape index (κ2) is 6.57. The Hall–Kier alpha value is -3.47. The summed E-state index contributed by atoms with van der Waals surface area (Å²) in [4.78, 5) is 12.7. The fourth-order valence-electron chi connectivity index (χ4n) is 2.67. The highest BCUT2D eigenvalue weighted by Crippen LogP contribution is 2.22. The summed E-state index contributed by atoms with van der Waals surface area (Å²) in [5.74, 6) is 0.454. The third-order valence-electron chi connectivity index (χ3n) is 3.93. The van der Waals surface area contributed by atoms with Gasteiger partial charge in [0.1, 0.15) is 11.3 Å². The van der Waals surface area contributed by atoms with Gasteiger partial charge in [-0.15, -0.1) is 5.10 Å². The maximum Gasteiger partial charge on any atom is 0.196 e. The standard InChI is InChI=1S/C20H15N3O2/c24-20(15-8-2-1-3-9-15)16-10-4-7-13-19(16)25-14-23-18-12-6-5-11-17(18)21-22-23/h1-13H,14H2. The van der Waals surface area contributed by atoms with Crippen LogP contribution in [0.2, 0.25) is 0 Å². The van der Waals surface area contributed by atoms with Crippen LogP contribution in [0.3, 0.4) is 0 Å². The van der Waals surface area contributed by atoms with Crippen LogP contribution in [0.25, 0.3) is 11.0 Å². The molecule has 0 unspecified atom stereocenters. The molecule has 0 saturated heterocycles. The molecule has 0 fully saturated rings. The van der Waals surface area contributed by atoms with E-state index < -0.39 is 0 Å². The zero-order chi connectivity index (χ0) is 17.1. The number of ether oxygens (including phenoxy) is 1. The van der Waals surface area contributed by atoms with Gasteiger partial charge in [0.05, 0.1) is 11.1 Å². The second-order valence-electron chi connectivity index (χ2n) is 5.54. The fourth-order valence-corrected chi connectivity index (χ4v) is 2.67. The van der Waals surface area contributed by atoms with Gasteiger partial charge in [-0.3, -0.25) is 4.79 Å². The van der Waals surface area contributed by atoms with Gasteiger partial charge in [-0.25, -0.2) is 4.68 Å². The van der Waals surface area contributed by atoms with E-state index in [-0.39, 0.29) is 12.5 Å². The van der Waals surface area contributed by atoms with E-state index in [2.05, 4.69) is 10.3 Å².